The van der Waals surface area contributed by atoms with Crippen molar-refractivity contribution in [2.24, 2.45) is 4.99 Å². The summed E-state index contributed by atoms with van der Waals surface area (Å²) in [5.74, 6) is 0.857. The van der Waals surface area contributed by atoms with Crippen LogP contribution < -0.4 is 10.6 Å². The lowest BCUT2D eigenvalue weighted by atomic mass is 10.0. The van der Waals surface area contributed by atoms with Gasteiger partial charge in [-0.05, 0) is 37.8 Å². The average Bonchev–Trinajstić information content (AvgIpc) is 3.14. The van der Waals surface area contributed by atoms with Crippen LogP contribution in [0.1, 0.15) is 31.9 Å². The summed E-state index contributed by atoms with van der Waals surface area (Å²) in [6.07, 6.45) is 4.15. The second-order valence-corrected chi connectivity index (χ2v) is 8.02. The lowest BCUT2D eigenvalue weighted by Gasteiger charge is -2.41. The molecule has 1 aromatic heterocycles. The Morgan fingerprint density at radius 3 is 2.66 bits per heavy atom. The number of rotatable bonds is 7. The Hall–Kier alpha value is -1.32. The molecule has 0 saturated carbocycles. The Bertz CT molecular complexity index is 796. The molecule has 1 saturated heterocycles. The minimum Gasteiger partial charge on any atom is -0.379 e. The molecule has 0 spiro atoms. The topological polar surface area (TPSA) is 64.7 Å². The fourth-order valence-corrected chi connectivity index (χ4v) is 3.89. The van der Waals surface area contributed by atoms with Crippen LogP contribution in [0.2, 0.25) is 0 Å². The Kier molecular flexibility index (Phi) is 9.23. The number of hydrogen-bond donors (Lipinski definition) is 3. The summed E-state index contributed by atoms with van der Waals surface area (Å²) in [5.41, 5.74) is 4.06. The number of ether oxygens (including phenoxy) is 1. The summed E-state index contributed by atoms with van der Waals surface area (Å²) in [6.45, 7) is 12.1. The number of aryl methyl sites for hydroxylation is 1. The third kappa shape index (κ3) is 6.08. The Morgan fingerprint density at radius 2 is 1.97 bits per heavy atom. The fraction of sp³-hybridized carbons (Fsp3) is 0.591. The van der Waals surface area contributed by atoms with E-state index in [1.165, 1.54) is 22.0 Å². The van der Waals surface area contributed by atoms with Gasteiger partial charge in [-0.15, -0.1) is 24.0 Å². The monoisotopic (exact) mass is 513 g/mol. The molecule has 0 atom stereocenters. The van der Waals surface area contributed by atoms with Crippen LogP contribution in [-0.4, -0.2) is 67.8 Å². The van der Waals surface area contributed by atoms with Gasteiger partial charge in [-0.3, -0.25) is 9.89 Å². The SMILES string of the molecule is CCc1cccc2c(CCNC(=NC)NCC(C)(C)N3CCOCC3)c[nH]c12.I. The third-order valence-corrected chi connectivity index (χ3v) is 5.73. The van der Waals surface area contributed by atoms with E-state index in [1.807, 2.05) is 7.05 Å². The van der Waals surface area contributed by atoms with Crippen molar-refractivity contribution in [3.63, 3.8) is 0 Å². The van der Waals surface area contributed by atoms with Gasteiger partial charge in [-0.25, -0.2) is 0 Å². The lowest BCUT2D eigenvalue weighted by molar-refractivity contribution is -0.00833. The van der Waals surface area contributed by atoms with Crippen molar-refractivity contribution >= 4 is 40.8 Å². The van der Waals surface area contributed by atoms with E-state index in [0.717, 1.165) is 58.2 Å². The molecule has 2 aromatic rings. The summed E-state index contributed by atoms with van der Waals surface area (Å²) in [7, 11) is 1.83. The number of morpholine rings is 1. The number of aliphatic imine (C=N–C) groups is 1. The molecular formula is C22H36IN5O. The molecule has 3 rings (SSSR count). The van der Waals surface area contributed by atoms with Crippen LogP contribution in [-0.2, 0) is 17.6 Å². The van der Waals surface area contributed by atoms with Gasteiger partial charge in [0.1, 0.15) is 0 Å². The maximum absolute atomic E-state index is 5.47. The Morgan fingerprint density at radius 1 is 1.21 bits per heavy atom. The summed E-state index contributed by atoms with van der Waals surface area (Å²) in [5, 5.41) is 8.28. The number of nitrogens with zero attached hydrogens (tertiary/aromatic N) is 2. The molecule has 1 fully saturated rings. The van der Waals surface area contributed by atoms with E-state index in [9.17, 15) is 0 Å². The quantitative estimate of drug-likeness (QED) is 0.303. The lowest BCUT2D eigenvalue weighted by Crippen LogP contribution is -2.56. The van der Waals surface area contributed by atoms with Crippen LogP contribution in [0.5, 0.6) is 0 Å². The number of benzene rings is 1. The molecular weight excluding hydrogens is 477 g/mol. The van der Waals surface area contributed by atoms with Crippen molar-refractivity contribution in [1.82, 2.24) is 20.5 Å². The van der Waals surface area contributed by atoms with E-state index in [1.54, 1.807) is 0 Å². The van der Waals surface area contributed by atoms with E-state index < -0.39 is 0 Å². The molecule has 6 nitrogen and oxygen atoms in total. The molecule has 0 aliphatic carbocycles. The highest BCUT2D eigenvalue weighted by Crippen LogP contribution is 2.22. The molecule has 1 aliphatic heterocycles. The number of aromatic nitrogens is 1. The molecule has 29 heavy (non-hydrogen) atoms. The van der Waals surface area contributed by atoms with Crippen molar-refractivity contribution in [2.45, 2.75) is 39.2 Å². The average molecular weight is 513 g/mol. The maximum Gasteiger partial charge on any atom is 0.191 e. The highest BCUT2D eigenvalue weighted by atomic mass is 127. The first-order valence-electron chi connectivity index (χ1n) is 10.4. The van der Waals surface area contributed by atoms with Crippen molar-refractivity contribution < 1.29 is 4.74 Å². The summed E-state index contributed by atoms with van der Waals surface area (Å²) >= 11 is 0. The van der Waals surface area contributed by atoms with E-state index in [2.05, 4.69) is 70.7 Å². The van der Waals surface area contributed by atoms with Gasteiger partial charge in [0.25, 0.3) is 0 Å². The van der Waals surface area contributed by atoms with Gasteiger partial charge in [-0.2, -0.15) is 0 Å². The first-order chi connectivity index (χ1) is 13.5. The molecule has 0 unspecified atom stereocenters. The van der Waals surface area contributed by atoms with Gasteiger partial charge in [0.05, 0.1) is 13.2 Å². The molecule has 162 valence electrons. The largest absolute Gasteiger partial charge is 0.379 e. The first-order valence-corrected chi connectivity index (χ1v) is 10.4. The van der Waals surface area contributed by atoms with E-state index in [4.69, 9.17) is 4.74 Å². The number of nitrogens with one attached hydrogen (secondary N) is 3. The van der Waals surface area contributed by atoms with E-state index in [-0.39, 0.29) is 29.5 Å². The van der Waals surface area contributed by atoms with Gasteiger partial charge in [0, 0.05) is 55.9 Å². The van der Waals surface area contributed by atoms with E-state index in [0.29, 0.717) is 0 Å². The standard InChI is InChI=1S/C22H35N5O.HI/c1-5-17-7-6-8-19-18(15-25-20(17)19)9-10-24-21(23-4)26-16-22(2,3)27-11-13-28-14-12-27;/h6-8,15,25H,5,9-14,16H2,1-4H3,(H2,23,24,26);1H. The molecule has 0 bridgehead atoms. The number of aromatic amines is 1. The van der Waals surface area contributed by atoms with Gasteiger partial charge in [-0.1, -0.05) is 25.1 Å². The smallest absolute Gasteiger partial charge is 0.191 e. The third-order valence-electron chi connectivity index (χ3n) is 5.73. The zero-order valence-electron chi connectivity index (χ0n) is 18.2. The highest BCUT2D eigenvalue weighted by molar-refractivity contribution is 14.0. The molecule has 7 heteroatoms. The molecule has 2 heterocycles. The van der Waals surface area contributed by atoms with Crippen molar-refractivity contribution in [1.29, 1.82) is 0 Å². The van der Waals surface area contributed by atoms with Crippen LogP contribution in [0.25, 0.3) is 10.9 Å². The number of para-hydroxylation sites is 1. The van der Waals surface area contributed by atoms with Gasteiger partial charge < -0.3 is 20.4 Å². The van der Waals surface area contributed by atoms with E-state index >= 15 is 0 Å². The minimum atomic E-state index is 0. The number of hydrogen-bond acceptors (Lipinski definition) is 3. The van der Waals surface area contributed by atoms with Crippen molar-refractivity contribution in [2.75, 3.05) is 46.4 Å². The number of halogens is 1. The van der Waals surface area contributed by atoms with Crippen molar-refractivity contribution in [3.8, 4) is 0 Å². The maximum atomic E-state index is 5.47. The predicted molar refractivity (Wildman–Crippen MR) is 133 cm³/mol. The van der Waals surface area contributed by atoms with Crippen LogP contribution in [0, 0.1) is 0 Å². The summed E-state index contributed by atoms with van der Waals surface area (Å²) in [6, 6.07) is 6.56. The number of fused-ring (bicyclic) bond motifs is 1. The highest BCUT2D eigenvalue weighted by Gasteiger charge is 2.28. The first kappa shape index (κ1) is 24.0. The van der Waals surface area contributed by atoms with Gasteiger partial charge >= 0.3 is 0 Å². The molecule has 1 aromatic carbocycles. The molecule has 0 radical (unpaired) electrons. The van der Waals surface area contributed by atoms with Crippen LogP contribution >= 0.6 is 24.0 Å². The van der Waals surface area contributed by atoms with Crippen LogP contribution in [0.3, 0.4) is 0 Å². The van der Waals surface area contributed by atoms with Crippen LogP contribution in [0.4, 0.5) is 0 Å². The fourth-order valence-electron chi connectivity index (χ4n) is 3.89. The molecule has 1 aliphatic rings. The minimum absolute atomic E-state index is 0. The predicted octanol–water partition coefficient (Wildman–Crippen LogP) is 3.17. The van der Waals surface area contributed by atoms with Gasteiger partial charge in [0.2, 0.25) is 0 Å². The van der Waals surface area contributed by atoms with Crippen molar-refractivity contribution in [3.05, 3.63) is 35.5 Å². The molecule has 0 amide bonds. The zero-order chi connectivity index (χ0) is 20.0. The Labute approximate surface area is 191 Å². The number of H-pyrrole nitrogens is 1. The number of guanidine groups is 1. The summed E-state index contributed by atoms with van der Waals surface area (Å²) < 4.78 is 5.47. The van der Waals surface area contributed by atoms with Gasteiger partial charge in [0.15, 0.2) is 5.96 Å². The molecule has 3 N–H and O–H groups in total. The second-order valence-electron chi connectivity index (χ2n) is 8.02. The summed E-state index contributed by atoms with van der Waals surface area (Å²) in [4.78, 5) is 10.3. The van der Waals surface area contributed by atoms with Crippen LogP contribution in [0.15, 0.2) is 29.4 Å². The normalized spacial score (nSPS) is 15.9. The Balaban J connectivity index is 0.00000300. The second kappa shape index (κ2) is 11.2. The zero-order valence-corrected chi connectivity index (χ0v) is 20.5.